The molecule has 0 aliphatic heterocycles. The second-order valence-corrected chi connectivity index (χ2v) is 7.92. The highest BCUT2D eigenvalue weighted by Gasteiger charge is 2.23. The predicted molar refractivity (Wildman–Crippen MR) is 118 cm³/mol. The Kier molecular flexibility index (Phi) is 4.70. The summed E-state index contributed by atoms with van der Waals surface area (Å²) in [4.78, 5) is 36.5. The first-order valence-electron chi connectivity index (χ1n) is 9.03. The Hall–Kier alpha value is -3.46. The molecule has 0 radical (unpaired) electrons. The Morgan fingerprint density at radius 1 is 1.00 bits per heavy atom. The molecule has 0 spiro atoms. The highest BCUT2D eigenvalue weighted by Crippen LogP contribution is 2.37. The minimum absolute atomic E-state index is 0.0975. The Balaban J connectivity index is 2.22. The van der Waals surface area contributed by atoms with Crippen molar-refractivity contribution in [3.05, 3.63) is 89.6 Å². The van der Waals surface area contributed by atoms with Crippen LogP contribution in [0.4, 0.5) is 5.69 Å². The van der Waals surface area contributed by atoms with Gasteiger partial charge < -0.3 is 4.57 Å². The first-order valence-corrected chi connectivity index (χ1v) is 9.82. The highest BCUT2D eigenvalue weighted by molar-refractivity contribution is 9.10. The van der Waals surface area contributed by atoms with Gasteiger partial charge in [0.25, 0.3) is 11.2 Å². The lowest BCUT2D eigenvalue weighted by Crippen LogP contribution is -2.36. The summed E-state index contributed by atoms with van der Waals surface area (Å²) in [6.45, 7) is 1.97. The van der Waals surface area contributed by atoms with Crippen LogP contribution in [0.2, 0.25) is 0 Å². The van der Waals surface area contributed by atoms with Gasteiger partial charge in [-0.1, -0.05) is 33.6 Å². The first-order chi connectivity index (χ1) is 14.2. The maximum atomic E-state index is 13.1. The van der Waals surface area contributed by atoms with Crippen molar-refractivity contribution in [1.82, 2.24) is 13.7 Å². The molecule has 2 aromatic carbocycles. The van der Waals surface area contributed by atoms with E-state index in [1.807, 2.05) is 31.2 Å². The van der Waals surface area contributed by atoms with E-state index in [4.69, 9.17) is 0 Å². The molecular formula is C21H17BrN4O4. The summed E-state index contributed by atoms with van der Waals surface area (Å²) in [6, 6.07) is 12.1. The van der Waals surface area contributed by atoms with Crippen molar-refractivity contribution in [3.63, 3.8) is 0 Å². The molecule has 8 nitrogen and oxygen atoms in total. The fraction of sp³-hybridized carbons (Fsp3) is 0.143. The smallest absolute Gasteiger partial charge is 0.314 e. The van der Waals surface area contributed by atoms with Crippen molar-refractivity contribution in [2.45, 2.75) is 6.92 Å². The molecule has 0 aliphatic carbocycles. The normalized spacial score (nSPS) is 11.2. The van der Waals surface area contributed by atoms with Crippen LogP contribution in [-0.2, 0) is 14.1 Å². The van der Waals surface area contributed by atoms with E-state index in [2.05, 4.69) is 15.9 Å². The Morgan fingerprint density at radius 3 is 2.30 bits per heavy atom. The van der Waals surface area contributed by atoms with Crippen molar-refractivity contribution in [2.75, 3.05) is 0 Å². The standard InChI is InChI=1S/C21H17BrN4O4/c1-12-4-6-13(7-5-12)25-11-17-18(20(27)24(3)21(28)23(17)2)19(25)15-10-14(26(29)30)8-9-16(15)22/h4-11H,1-3H3. The van der Waals surface area contributed by atoms with Gasteiger partial charge in [0, 0.05) is 48.1 Å². The van der Waals surface area contributed by atoms with Gasteiger partial charge in [-0.3, -0.25) is 24.0 Å². The number of nitrogens with zero attached hydrogens (tertiary/aromatic N) is 4. The third kappa shape index (κ3) is 2.98. The van der Waals surface area contributed by atoms with Crippen LogP contribution in [0.1, 0.15) is 5.56 Å². The van der Waals surface area contributed by atoms with Gasteiger partial charge in [0.05, 0.1) is 21.5 Å². The lowest BCUT2D eigenvalue weighted by atomic mass is 10.1. The average molecular weight is 469 g/mol. The third-order valence-corrected chi connectivity index (χ3v) is 5.86. The van der Waals surface area contributed by atoms with Crippen LogP contribution in [0.5, 0.6) is 0 Å². The van der Waals surface area contributed by atoms with E-state index in [1.165, 1.54) is 23.7 Å². The van der Waals surface area contributed by atoms with Gasteiger partial charge in [0.2, 0.25) is 0 Å². The van der Waals surface area contributed by atoms with E-state index in [1.54, 1.807) is 23.9 Å². The Morgan fingerprint density at radius 2 is 1.67 bits per heavy atom. The van der Waals surface area contributed by atoms with Crippen molar-refractivity contribution >= 4 is 32.5 Å². The SMILES string of the molecule is Cc1ccc(-n2cc3c(c2-c2cc([N+](=O)[O-])ccc2Br)c(=O)n(C)c(=O)n3C)cc1. The van der Waals surface area contributed by atoms with Crippen molar-refractivity contribution < 1.29 is 4.92 Å². The molecule has 4 rings (SSSR count). The monoisotopic (exact) mass is 468 g/mol. The largest absolute Gasteiger partial charge is 0.330 e. The molecule has 2 heterocycles. The predicted octanol–water partition coefficient (Wildman–Crippen LogP) is 3.67. The van der Waals surface area contributed by atoms with Crippen LogP contribution in [0.3, 0.4) is 0 Å². The summed E-state index contributed by atoms with van der Waals surface area (Å²) in [5.74, 6) is 0. The van der Waals surface area contributed by atoms with Gasteiger partial charge in [-0.25, -0.2) is 4.79 Å². The summed E-state index contributed by atoms with van der Waals surface area (Å²) in [7, 11) is 3.01. The minimum Gasteiger partial charge on any atom is -0.314 e. The number of aryl methyl sites for hydroxylation is 2. The van der Waals surface area contributed by atoms with Crippen LogP contribution < -0.4 is 11.2 Å². The molecule has 0 saturated heterocycles. The maximum Gasteiger partial charge on any atom is 0.330 e. The number of fused-ring (bicyclic) bond motifs is 1. The van der Waals surface area contributed by atoms with Gasteiger partial charge in [0.15, 0.2) is 0 Å². The number of nitro benzene ring substituents is 1. The number of hydrogen-bond donors (Lipinski definition) is 0. The molecule has 0 saturated carbocycles. The number of halogens is 1. The van der Waals surface area contributed by atoms with Crippen molar-refractivity contribution in [2.24, 2.45) is 14.1 Å². The number of hydrogen-bond acceptors (Lipinski definition) is 4. The lowest BCUT2D eigenvalue weighted by Gasteiger charge is -2.12. The molecular weight excluding hydrogens is 452 g/mol. The summed E-state index contributed by atoms with van der Waals surface area (Å²) in [5, 5.41) is 11.7. The van der Waals surface area contributed by atoms with Gasteiger partial charge >= 0.3 is 5.69 Å². The molecule has 0 atom stereocenters. The van der Waals surface area contributed by atoms with Gasteiger partial charge in [-0.05, 0) is 25.1 Å². The molecule has 9 heteroatoms. The maximum absolute atomic E-state index is 13.1. The summed E-state index contributed by atoms with van der Waals surface area (Å²) in [6.07, 6.45) is 1.71. The first kappa shape index (κ1) is 19.8. The fourth-order valence-corrected chi connectivity index (χ4v) is 3.96. The summed E-state index contributed by atoms with van der Waals surface area (Å²) < 4.78 is 4.82. The average Bonchev–Trinajstić information content (AvgIpc) is 3.12. The van der Waals surface area contributed by atoms with Crippen molar-refractivity contribution in [1.29, 1.82) is 0 Å². The summed E-state index contributed by atoms with van der Waals surface area (Å²) >= 11 is 3.47. The molecule has 0 aliphatic rings. The van der Waals surface area contributed by atoms with E-state index in [9.17, 15) is 19.7 Å². The molecule has 0 bridgehead atoms. The van der Waals surface area contributed by atoms with Crippen LogP contribution in [-0.4, -0.2) is 18.6 Å². The molecule has 0 unspecified atom stereocenters. The Bertz CT molecular complexity index is 1450. The molecule has 0 fully saturated rings. The molecule has 152 valence electrons. The van der Waals surface area contributed by atoms with Crippen LogP contribution in [0, 0.1) is 17.0 Å². The van der Waals surface area contributed by atoms with E-state index >= 15 is 0 Å². The number of benzene rings is 2. The van der Waals surface area contributed by atoms with Crippen LogP contribution in [0.15, 0.2) is 62.7 Å². The van der Waals surface area contributed by atoms with E-state index in [0.717, 1.165) is 15.8 Å². The zero-order valence-corrected chi connectivity index (χ0v) is 18.0. The van der Waals surface area contributed by atoms with Crippen molar-refractivity contribution in [3.8, 4) is 16.9 Å². The molecule has 30 heavy (non-hydrogen) atoms. The lowest BCUT2D eigenvalue weighted by molar-refractivity contribution is -0.384. The van der Waals surface area contributed by atoms with Crippen LogP contribution in [0.25, 0.3) is 27.8 Å². The molecule has 4 aromatic rings. The third-order valence-electron chi connectivity index (χ3n) is 5.17. The quantitative estimate of drug-likeness (QED) is 0.338. The second kappa shape index (κ2) is 7.10. The zero-order valence-electron chi connectivity index (χ0n) is 16.4. The van der Waals surface area contributed by atoms with Gasteiger partial charge in [-0.15, -0.1) is 0 Å². The number of nitro groups is 1. The zero-order chi connectivity index (χ0) is 21.7. The number of rotatable bonds is 3. The number of non-ortho nitro benzene ring substituents is 1. The van der Waals surface area contributed by atoms with Crippen LogP contribution >= 0.6 is 15.9 Å². The molecule has 0 amide bonds. The summed E-state index contributed by atoms with van der Waals surface area (Å²) in [5.41, 5.74) is 2.22. The van der Waals surface area contributed by atoms with E-state index in [-0.39, 0.29) is 5.69 Å². The fourth-order valence-electron chi connectivity index (χ4n) is 3.52. The van der Waals surface area contributed by atoms with Gasteiger partial charge in [0.1, 0.15) is 0 Å². The minimum atomic E-state index is -0.481. The second-order valence-electron chi connectivity index (χ2n) is 7.07. The molecule has 2 aromatic heterocycles. The van der Waals surface area contributed by atoms with E-state index in [0.29, 0.717) is 26.6 Å². The van der Waals surface area contributed by atoms with Gasteiger partial charge in [-0.2, -0.15) is 0 Å². The highest BCUT2D eigenvalue weighted by atomic mass is 79.9. The topological polar surface area (TPSA) is 92.1 Å². The number of aromatic nitrogens is 3. The Labute approximate surface area is 178 Å². The van der Waals surface area contributed by atoms with E-state index < -0.39 is 16.2 Å². The molecule has 0 N–H and O–H groups in total.